The van der Waals surface area contributed by atoms with Crippen LogP contribution >= 0.6 is 0 Å². The normalized spacial score (nSPS) is 36.7. The first kappa shape index (κ1) is 14.1. The molecule has 0 aromatic heterocycles. The Bertz CT molecular complexity index is 416. The molecule has 0 radical (unpaired) electrons. The van der Waals surface area contributed by atoms with Crippen LogP contribution in [-0.4, -0.2) is 53.1 Å². The fourth-order valence-electron chi connectivity index (χ4n) is 2.83. The molecule has 1 aliphatic carbocycles. The van der Waals surface area contributed by atoms with Crippen LogP contribution in [0.25, 0.3) is 0 Å². The van der Waals surface area contributed by atoms with Gasteiger partial charge in [-0.2, -0.15) is 13.2 Å². The molecule has 3 rings (SSSR count). The molecule has 3 fully saturated rings. The van der Waals surface area contributed by atoms with Crippen molar-refractivity contribution in [1.82, 2.24) is 5.32 Å². The maximum Gasteiger partial charge on any atom is 0.471 e. The fourth-order valence-corrected chi connectivity index (χ4v) is 2.83. The van der Waals surface area contributed by atoms with Gasteiger partial charge in [-0.25, -0.2) is 0 Å². The van der Waals surface area contributed by atoms with Crippen LogP contribution in [0.3, 0.4) is 0 Å². The Morgan fingerprint density at radius 1 is 1.37 bits per heavy atom. The number of aliphatic hydroxyl groups excluding tert-OH is 1. The SMILES string of the molecule is O=C(NCC12CC(C(=O)O)(C1)C(CO)O2)C(F)(F)F. The van der Waals surface area contributed by atoms with Crippen molar-refractivity contribution < 1.29 is 37.7 Å². The molecule has 9 heteroatoms. The zero-order valence-electron chi connectivity index (χ0n) is 9.66. The van der Waals surface area contributed by atoms with E-state index in [0.29, 0.717) is 0 Å². The molecule has 6 nitrogen and oxygen atoms in total. The molecule has 0 aromatic rings. The van der Waals surface area contributed by atoms with E-state index in [2.05, 4.69) is 0 Å². The number of rotatable bonds is 4. The minimum atomic E-state index is -4.99. The van der Waals surface area contributed by atoms with Crippen LogP contribution in [0.15, 0.2) is 0 Å². The topological polar surface area (TPSA) is 95.9 Å². The Labute approximate surface area is 105 Å². The number of ether oxygens (including phenoxy) is 1. The van der Waals surface area contributed by atoms with Crippen LogP contribution in [0, 0.1) is 5.41 Å². The van der Waals surface area contributed by atoms with Crippen LogP contribution in [0.1, 0.15) is 12.8 Å². The monoisotopic (exact) mass is 283 g/mol. The zero-order chi connectivity index (χ0) is 14.5. The largest absolute Gasteiger partial charge is 0.481 e. The zero-order valence-corrected chi connectivity index (χ0v) is 9.66. The molecule has 2 aliphatic heterocycles. The first-order valence-electron chi connectivity index (χ1n) is 5.52. The van der Waals surface area contributed by atoms with Gasteiger partial charge in [0.05, 0.1) is 18.3 Å². The summed E-state index contributed by atoms with van der Waals surface area (Å²) in [5.74, 6) is -3.24. The molecule has 0 aromatic carbocycles. The number of carbonyl (C=O) groups excluding carboxylic acids is 1. The third-order valence-corrected chi connectivity index (χ3v) is 3.70. The van der Waals surface area contributed by atoms with Gasteiger partial charge in [0.25, 0.3) is 0 Å². The minimum Gasteiger partial charge on any atom is -0.481 e. The third-order valence-electron chi connectivity index (χ3n) is 3.70. The van der Waals surface area contributed by atoms with Crippen LogP contribution in [0.2, 0.25) is 0 Å². The second kappa shape index (κ2) is 4.07. The minimum absolute atomic E-state index is 0.0152. The number of aliphatic hydroxyl groups is 1. The lowest BCUT2D eigenvalue weighted by Gasteiger charge is -2.42. The molecule has 2 heterocycles. The first-order chi connectivity index (χ1) is 8.65. The highest BCUT2D eigenvalue weighted by atomic mass is 19.4. The van der Waals surface area contributed by atoms with Crippen molar-refractivity contribution in [1.29, 1.82) is 0 Å². The van der Waals surface area contributed by atoms with Crippen molar-refractivity contribution in [2.75, 3.05) is 13.2 Å². The summed E-state index contributed by atoms with van der Waals surface area (Å²) in [6, 6.07) is 0. The number of hydrogen-bond acceptors (Lipinski definition) is 4. The molecule has 2 bridgehead atoms. The van der Waals surface area contributed by atoms with Crippen molar-refractivity contribution in [3.63, 3.8) is 0 Å². The van der Waals surface area contributed by atoms with Crippen LogP contribution in [0.4, 0.5) is 13.2 Å². The first-order valence-corrected chi connectivity index (χ1v) is 5.52. The summed E-state index contributed by atoms with van der Waals surface area (Å²) in [5, 5.41) is 19.8. The number of halogens is 3. The van der Waals surface area contributed by atoms with Gasteiger partial charge in [0, 0.05) is 6.54 Å². The second-order valence-electron chi connectivity index (χ2n) is 4.97. The van der Waals surface area contributed by atoms with E-state index in [1.165, 1.54) is 0 Å². The molecule has 3 aliphatic rings. The van der Waals surface area contributed by atoms with Gasteiger partial charge in [-0.3, -0.25) is 9.59 Å². The number of amides is 1. The highest BCUT2D eigenvalue weighted by Crippen LogP contribution is 2.61. The summed E-state index contributed by atoms with van der Waals surface area (Å²) in [4.78, 5) is 21.8. The quantitative estimate of drug-likeness (QED) is 0.656. The van der Waals surface area contributed by atoms with E-state index in [9.17, 15) is 22.8 Å². The van der Waals surface area contributed by atoms with E-state index in [1.807, 2.05) is 0 Å². The molecule has 19 heavy (non-hydrogen) atoms. The van der Waals surface area contributed by atoms with Crippen LogP contribution < -0.4 is 5.32 Å². The molecule has 2 saturated heterocycles. The van der Waals surface area contributed by atoms with Gasteiger partial charge in [-0.15, -0.1) is 0 Å². The van der Waals surface area contributed by atoms with E-state index in [-0.39, 0.29) is 12.8 Å². The van der Waals surface area contributed by atoms with Crippen LogP contribution in [-0.2, 0) is 14.3 Å². The average molecular weight is 283 g/mol. The summed E-state index contributed by atoms with van der Waals surface area (Å²) in [7, 11) is 0. The fraction of sp³-hybridized carbons (Fsp3) is 0.800. The predicted octanol–water partition coefficient (Wildman–Crippen LogP) is -0.340. The number of nitrogens with one attached hydrogen (secondary N) is 1. The Morgan fingerprint density at radius 2 is 1.95 bits per heavy atom. The van der Waals surface area contributed by atoms with Gasteiger partial charge in [0.2, 0.25) is 0 Å². The number of carboxylic acid groups (broad SMARTS) is 1. The van der Waals surface area contributed by atoms with E-state index >= 15 is 0 Å². The van der Waals surface area contributed by atoms with E-state index in [0.717, 1.165) is 0 Å². The molecule has 1 unspecified atom stereocenters. The lowest BCUT2D eigenvalue weighted by atomic mass is 9.60. The Balaban J connectivity index is 1.99. The second-order valence-corrected chi connectivity index (χ2v) is 4.97. The lowest BCUT2D eigenvalue weighted by molar-refractivity contribution is -0.175. The molecule has 0 spiro atoms. The number of carboxylic acids is 1. The summed E-state index contributed by atoms with van der Waals surface area (Å²) in [5.41, 5.74) is -2.37. The summed E-state index contributed by atoms with van der Waals surface area (Å²) < 4.78 is 41.3. The summed E-state index contributed by atoms with van der Waals surface area (Å²) in [6.07, 6.45) is -5.97. The Morgan fingerprint density at radius 3 is 2.32 bits per heavy atom. The number of hydrogen-bond donors (Lipinski definition) is 3. The molecule has 1 saturated carbocycles. The number of alkyl halides is 3. The van der Waals surface area contributed by atoms with E-state index in [4.69, 9.17) is 14.9 Å². The maximum atomic E-state index is 12.0. The lowest BCUT2D eigenvalue weighted by Crippen LogP contribution is -2.56. The van der Waals surface area contributed by atoms with Crippen LogP contribution in [0.5, 0.6) is 0 Å². The van der Waals surface area contributed by atoms with Gasteiger partial charge < -0.3 is 20.3 Å². The van der Waals surface area contributed by atoms with Crippen molar-refractivity contribution >= 4 is 11.9 Å². The molecule has 3 N–H and O–H groups in total. The number of carbonyl (C=O) groups is 2. The molecule has 1 atom stereocenters. The predicted molar refractivity (Wildman–Crippen MR) is 53.1 cm³/mol. The molecule has 1 amide bonds. The standard InChI is InChI=1S/C10H12F3NO5/c11-10(12,13)6(16)14-4-8-2-9(3-8,7(17)18)5(1-15)19-8/h5,15H,1-4H2,(H,14,16)(H,17,18). The van der Waals surface area contributed by atoms with Gasteiger partial charge in [0.15, 0.2) is 0 Å². The highest BCUT2D eigenvalue weighted by molar-refractivity contribution is 5.82. The molecule has 108 valence electrons. The van der Waals surface area contributed by atoms with Crippen molar-refractivity contribution in [2.24, 2.45) is 5.41 Å². The highest BCUT2D eigenvalue weighted by Gasteiger charge is 2.71. The Hall–Kier alpha value is -1.35. The van der Waals surface area contributed by atoms with E-state index in [1.54, 1.807) is 5.32 Å². The molecular formula is C10H12F3NO5. The molecular weight excluding hydrogens is 271 g/mol. The number of aliphatic carboxylic acids is 1. The van der Waals surface area contributed by atoms with Gasteiger partial charge in [-0.1, -0.05) is 0 Å². The van der Waals surface area contributed by atoms with Gasteiger partial charge in [-0.05, 0) is 12.8 Å². The van der Waals surface area contributed by atoms with Crippen molar-refractivity contribution in [3.05, 3.63) is 0 Å². The maximum absolute atomic E-state index is 12.0. The van der Waals surface area contributed by atoms with Crippen molar-refractivity contribution in [3.8, 4) is 0 Å². The Kier molecular flexibility index (Phi) is 3.01. The summed E-state index contributed by atoms with van der Waals surface area (Å²) >= 11 is 0. The number of fused-ring (bicyclic) bond motifs is 1. The van der Waals surface area contributed by atoms with E-state index < -0.39 is 48.3 Å². The third kappa shape index (κ3) is 2.06. The average Bonchev–Trinajstić information content (AvgIpc) is 2.74. The summed E-state index contributed by atoms with van der Waals surface area (Å²) in [6.45, 7) is -0.946. The van der Waals surface area contributed by atoms with Gasteiger partial charge >= 0.3 is 18.1 Å². The smallest absolute Gasteiger partial charge is 0.471 e. The van der Waals surface area contributed by atoms with Crippen molar-refractivity contribution in [2.45, 2.75) is 30.7 Å². The van der Waals surface area contributed by atoms with Gasteiger partial charge in [0.1, 0.15) is 5.41 Å².